The molecule has 0 saturated carbocycles. The highest BCUT2D eigenvalue weighted by Crippen LogP contribution is 2.30. The number of nitrogens with zero attached hydrogens (tertiary/aromatic N) is 7. The van der Waals surface area contributed by atoms with Crippen LogP contribution in [-0.2, 0) is 7.05 Å². The van der Waals surface area contributed by atoms with E-state index in [1.165, 1.54) is 0 Å². The Morgan fingerprint density at radius 3 is 2.52 bits per heavy atom. The number of halogens is 2. The van der Waals surface area contributed by atoms with Crippen molar-refractivity contribution in [1.82, 2.24) is 30.5 Å². The number of pyridine rings is 2. The monoisotopic (exact) mass is 459 g/mol. The Bertz CT molecular complexity index is 1160. The van der Waals surface area contributed by atoms with E-state index in [-0.39, 0.29) is 22.2 Å². The molecule has 0 amide bonds. The minimum Gasteiger partial charge on any atom is -0.268 e. The molecule has 0 bridgehead atoms. The Morgan fingerprint density at radius 2 is 1.94 bits per heavy atom. The van der Waals surface area contributed by atoms with Gasteiger partial charge in [-0.05, 0) is 31.4 Å². The number of fused-ring (bicyclic) bond motifs is 1. The third-order valence-electron chi connectivity index (χ3n) is 4.60. The molecule has 0 radical (unpaired) electrons. The van der Waals surface area contributed by atoms with E-state index in [4.69, 9.17) is 28.2 Å². The van der Waals surface area contributed by atoms with Crippen LogP contribution in [0.4, 0.5) is 11.5 Å². The number of nitriles is 1. The minimum absolute atomic E-state index is 0.192. The Balaban J connectivity index is 2.04. The number of hydrazine groups is 1. The molecule has 0 atom stereocenters. The fraction of sp³-hybridized carbons (Fsp3) is 0.350. The van der Waals surface area contributed by atoms with Crippen LogP contribution in [0, 0.1) is 18.4 Å². The first-order chi connectivity index (χ1) is 14.7. The van der Waals surface area contributed by atoms with Crippen LogP contribution in [0.3, 0.4) is 0 Å². The van der Waals surface area contributed by atoms with Crippen LogP contribution in [0.5, 0.6) is 0 Å². The van der Waals surface area contributed by atoms with Gasteiger partial charge in [0, 0.05) is 31.1 Å². The second kappa shape index (κ2) is 9.37. The maximum Gasteiger partial charge on any atom is 0.229 e. The van der Waals surface area contributed by atoms with Crippen LogP contribution in [0.15, 0.2) is 23.2 Å². The largest absolute Gasteiger partial charge is 0.268 e. The summed E-state index contributed by atoms with van der Waals surface area (Å²) in [5.41, 5.74) is 6.44. The summed E-state index contributed by atoms with van der Waals surface area (Å²) in [6.45, 7) is 8.77. The first-order valence-corrected chi connectivity index (χ1v) is 10.4. The van der Waals surface area contributed by atoms with Gasteiger partial charge in [0.1, 0.15) is 16.1 Å². The molecule has 0 aromatic carbocycles. The maximum atomic E-state index is 9.19. The van der Waals surface area contributed by atoms with Gasteiger partial charge in [0.15, 0.2) is 11.8 Å². The molecule has 0 unspecified atom stereocenters. The molecule has 3 heterocycles. The summed E-state index contributed by atoms with van der Waals surface area (Å²) in [7, 11) is 1.88. The average molecular weight is 460 g/mol. The molecule has 3 rings (SSSR count). The van der Waals surface area contributed by atoms with Gasteiger partial charge in [-0.1, -0.05) is 37.0 Å². The summed E-state index contributed by atoms with van der Waals surface area (Å²) in [6, 6.07) is 5.12. The number of anilines is 1. The standard InChI is InChI=1S/C20H23Cl2N9/c1-6-31(29-20(24-10-23)25-13-7-15(21)26-16(22)8-13)17-9-14(11(2)3)18-12(4)28-30(5)19(18)27-17/h7-9,11H,6H2,1-5H3,(H2,24,25,26,29). The third-order valence-corrected chi connectivity index (χ3v) is 4.99. The summed E-state index contributed by atoms with van der Waals surface area (Å²) < 4.78 is 1.78. The predicted molar refractivity (Wildman–Crippen MR) is 124 cm³/mol. The van der Waals surface area contributed by atoms with Gasteiger partial charge < -0.3 is 0 Å². The molecule has 3 aromatic heterocycles. The summed E-state index contributed by atoms with van der Waals surface area (Å²) in [4.78, 5) is 13.1. The lowest BCUT2D eigenvalue weighted by molar-refractivity contribution is 0.749. The van der Waals surface area contributed by atoms with E-state index in [1.54, 1.807) is 21.8 Å². The SMILES string of the molecule is CCN(N/C(=N/c1cc(Cl)nc(Cl)c1)NC#N)c1cc(C(C)C)c2c(C)nn(C)c2n1. The molecule has 11 heteroatoms. The number of aromatic nitrogens is 4. The number of hydrogen-bond acceptors (Lipinski definition) is 6. The Labute approximate surface area is 190 Å². The van der Waals surface area contributed by atoms with Crippen LogP contribution in [0.25, 0.3) is 11.0 Å². The summed E-state index contributed by atoms with van der Waals surface area (Å²) >= 11 is 11.9. The second-order valence-electron chi connectivity index (χ2n) is 7.16. The van der Waals surface area contributed by atoms with Crippen LogP contribution >= 0.6 is 23.2 Å². The zero-order chi connectivity index (χ0) is 22.7. The van der Waals surface area contributed by atoms with Crippen LogP contribution in [0.2, 0.25) is 10.3 Å². The van der Waals surface area contributed by atoms with Gasteiger partial charge >= 0.3 is 0 Å². The Morgan fingerprint density at radius 1 is 1.26 bits per heavy atom. The zero-order valence-electron chi connectivity index (χ0n) is 17.9. The van der Waals surface area contributed by atoms with Gasteiger partial charge in [-0.25, -0.2) is 15.0 Å². The summed E-state index contributed by atoms with van der Waals surface area (Å²) in [6.07, 6.45) is 1.88. The highest BCUT2D eigenvalue weighted by molar-refractivity contribution is 6.32. The van der Waals surface area contributed by atoms with Gasteiger partial charge in [-0.2, -0.15) is 10.4 Å². The van der Waals surface area contributed by atoms with Gasteiger partial charge in [0.2, 0.25) is 5.96 Å². The topological polar surface area (TPSA) is 107 Å². The predicted octanol–water partition coefficient (Wildman–Crippen LogP) is 4.19. The summed E-state index contributed by atoms with van der Waals surface area (Å²) in [5.74, 6) is 1.15. The smallest absolute Gasteiger partial charge is 0.229 e. The molecule has 9 nitrogen and oxygen atoms in total. The Kier molecular flexibility index (Phi) is 6.83. The van der Waals surface area contributed by atoms with Gasteiger partial charge in [0.25, 0.3) is 0 Å². The van der Waals surface area contributed by atoms with Crippen molar-refractivity contribution in [3.63, 3.8) is 0 Å². The lowest BCUT2D eigenvalue weighted by atomic mass is 10.00. The summed E-state index contributed by atoms with van der Waals surface area (Å²) in [5, 5.41) is 19.5. The molecule has 0 aliphatic rings. The van der Waals surface area contributed by atoms with Crippen LogP contribution in [0.1, 0.15) is 37.9 Å². The van der Waals surface area contributed by atoms with Crippen molar-refractivity contribution < 1.29 is 0 Å². The zero-order valence-corrected chi connectivity index (χ0v) is 19.4. The van der Waals surface area contributed by atoms with Crippen LogP contribution < -0.4 is 15.8 Å². The van der Waals surface area contributed by atoms with E-state index in [0.29, 0.717) is 18.1 Å². The van der Waals surface area contributed by atoms with Crippen LogP contribution in [-0.4, -0.2) is 32.3 Å². The van der Waals surface area contributed by atoms with Crippen molar-refractivity contribution in [2.45, 2.75) is 33.6 Å². The number of rotatable bonds is 5. The molecular formula is C20H23Cl2N9. The van der Waals surface area contributed by atoms with E-state index in [2.05, 4.69) is 39.7 Å². The molecule has 31 heavy (non-hydrogen) atoms. The van der Waals surface area contributed by atoms with Crippen molar-refractivity contribution in [2.24, 2.45) is 12.0 Å². The van der Waals surface area contributed by atoms with E-state index < -0.39 is 0 Å². The number of aryl methyl sites for hydroxylation is 2. The molecule has 0 fully saturated rings. The van der Waals surface area contributed by atoms with Crippen molar-refractivity contribution in [2.75, 3.05) is 11.6 Å². The first-order valence-electron chi connectivity index (χ1n) is 9.68. The fourth-order valence-corrected chi connectivity index (χ4v) is 3.71. The van der Waals surface area contributed by atoms with Gasteiger partial charge in [0.05, 0.1) is 11.4 Å². The number of nitrogens with one attached hydrogen (secondary N) is 2. The van der Waals surface area contributed by atoms with Gasteiger partial charge in [-0.15, -0.1) is 0 Å². The van der Waals surface area contributed by atoms with E-state index in [9.17, 15) is 5.26 Å². The third kappa shape index (κ3) is 4.98. The number of aliphatic imine (C=N–C) groups is 1. The van der Waals surface area contributed by atoms with E-state index in [1.807, 2.05) is 33.2 Å². The molecule has 0 spiro atoms. The molecule has 2 N–H and O–H groups in total. The molecule has 0 aliphatic carbocycles. The van der Waals surface area contributed by atoms with Crippen molar-refractivity contribution in [3.8, 4) is 6.19 Å². The lowest BCUT2D eigenvalue weighted by Gasteiger charge is -2.25. The fourth-order valence-electron chi connectivity index (χ4n) is 3.26. The highest BCUT2D eigenvalue weighted by atomic mass is 35.5. The molecular weight excluding hydrogens is 437 g/mol. The van der Waals surface area contributed by atoms with Crippen molar-refractivity contribution >= 4 is 51.7 Å². The minimum atomic E-state index is 0.192. The number of guanidine groups is 1. The van der Waals surface area contributed by atoms with Crippen molar-refractivity contribution in [1.29, 1.82) is 5.26 Å². The highest BCUT2D eigenvalue weighted by Gasteiger charge is 2.18. The molecule has 162 valence electrons. The molecule has 3 aromatic rings. The normalized spacial score (nSPS) is 11.6. The first kappa shape index (κ1) is 22.6. The quantitative estimate of drug-likeness (QED) is 0.147. The van der Waals surface area contributed by atoms with E-state index >= 15 is 0 Å². The second-order valence-corrected chi connectivity index (χ2v) is 7.93. The molecule has 0 saturated heterocycles. The van der Waals surface area contributed by atoms with E-state index in [0.717, 1.165) is 22.3 Å². The Hall–Kier alpha value is -3.09. The average Bonchev–Trinajstić information content (AvgIpc) is 2.98. The number of hydrogen-bond donors (Lipinski definition) is 2. The van der Waals surface area contributed by atoms with Crippen molar-refractivity contribution in [3.05, 3.63) is 39.8 Å². The maximum absolute atomic E-state index is 9.19. The molecule has 0 aliphatic heterocycles. The lowest BCUT2D eigenvalue weighted by Crippen LogP contribution is -2.47. The van der Waals surface area contributed by atoms with Gasteiger partial charge in [-0.3, -0.25) is 20.4 Å².